The van der Waals surface area contributed by atoms with Gasteiger partial charge in [0.25, 0.3) is 0 Å². The van der Waals surface area contributed by atoms with Crippen molar-refractivity contribution in [2.75, 3.05) is 19.0 Å². The van der Waals surface area contributed by atoms with Crippen LogP contribution in [0.2, 0.25) is 0 Å². The number of rotatable bonds is 2. The molecule has 1 aromatic carbocycles. The van der Waals surface area contributed by atoms with Crippen molar-refractivity contribution in [2.45, 2.75) is 13.0 Å². The summed E-state index contributed by atoms with van der Waals surface area (Å²) < 4.78 is 5.01. The third kappa shape index (κ3) is 2.87. The SMILES string of the molecule is COc1ccc(NC(=O)N2CC(=O)NC(=O)C2C)cc1. The molecule has 2 rings (SSSR count). The van der Waals surface area contributed by atoms with Crippen molar-refractivity contribution in [3.05, 3.63) is 24.3 Å². The fraction of sp³-hybridized carbons (Fsp3) is 0.308. The Morgan fingerprint density at radius 3 is 2.60 bits per heavy atom. The fourth-order valence-corrected chi connectivity index (χ4v) is 1.83. The van der Waals surface area contributed by atoms with Gasteiger partial charge in [-0.2, -0.15) is 0 Å². The zero-order valence-electron chi connectivity index (χ0n) is 11.2. The molecule has 20 heavy (non-hydrogen) atoms. The first-order chi connectivity index (χ1) is 9.51. The lowest BCUT2D eigenvalue weighted by Gasteiger charge is -2.31. The van der Waals surface area contributed by atoms with Gasteiger partial charge in [-0.05, 0) is 31.2 Å². The van der Waals surface area contributed by atoms with Crippen molar-refractivity contribution in [3.8, 4) is 5.75 Å². The van der Waals surface area contributed by atoms with Crippen LogP contribution in [-0.4, -0.2) is 42.4 Å². The van der Waals surface area contributed by atoms with Gasteiger partial charge in [-0.1, -0.05) is 0 Å². The molecule has 0 bridgehead atoms. The average molecular weight is 277 g/mol. The molecule has 0 spiro atoms. The molecule has 1 aromatic rings. The van der Waals surface area contributed by atoms with Crippen molar-refractivity contribution >= 4 is 23.5 Å². The third-order valence-electron chi connectivity index (χ3n) is 3.03. The average Bonchev–Trinajstić information content (AvgIpc) is 2.43. The largest absolute Gasteiger partial charge is 0.497 e. The number of carbonyl (C=O) groups excluding carboxylic acids is 3. The van der Waals surface area contributed by atoms with E-state index in [1.54, 1.807) is 38.3 Å². The number of nitrogens with zero attached hydrogens (tertiary/aromatic N) is 1. The zero-order valence-corrected chi connectivity index (χ0v) is 11.2. The molecule has 2 N–H and O–H groups in total. The zero-order chi connectivity index (χ0) is 14.7. The normalized spacial score (nSPS) is 18.5. The van der Waals surface area contributed by atoms with Gasteiger partial charge in [0, 0.05) is 5.69 Å². The van der Waals surface area contributed by atoms with Crippen molar-refractivity contribution in [2.24, 2.45) is 0 Å². The molecule has 1 heterocycles. The topological polar surface area (TPSA) is 87.7 Å². The van der Waals surface area contributed by atoms with Crippen LogP contribution in [0, 0.1) is 0 Å². The molecule has 1 unspecified atom stereocenters. The van der Waals surface area contributed by atoms with Crippen LogP contribution in [0.4, 0.5) is 10.5 Å². The predicted octanol–water partition coefficient (Wildman–Crippen LogP) is 0.574. The summed E-state index contributed by atoms with van der Waals surface area (Å²) in [6.45, 7) is 1.42. The molecule has 1 fully saturated rings. The first-order valence-electron chi connectivity index (χ1n) is 6.06. The second-order valence-electron chi connectivity index (χ2n) is 4.37. The molecule has 0 saturated carbocycles. The van der Waals surface area contributed by atoms with Gasteiger partial charge in [-0.15, -0.1) is 0 Å². The lowest BCUT2D eigenvalue weighted by atomic mass is 10.2. The van der Waals surface area contributed by atoms with E-state index in [0.717, 1.165) is 0 Å². The lowest BCUT2D eigenvalue weighted by Crippen LogP contribution is -2.59. The van der Waals surface area contributed by atoms with Crippen LogP contribution in [0.15, 0.2) is 24.3 Å². The number of anilines is 1. The minimum atomic E-state index is -0.689. The number of imide groups is 1. The van der Waals surface area contributed by atoms with Gasteiger partial charge in [0.2, 0.25) is 11.8 Å². The summed E-state index contributed by atoms with van der Waals surface area (Å²) in [5.74, 6) is -0.298. The smallest absolute Gasteiger partial charge is 0.322 e. The van der Waals surface area contributed by atoms with Gasteiger partial charge in [0.1, 0.15) is 18.3 Å². The second-order valence-corrected chi connectivity index (χ2v) is 4.37. The molecule has 7 heteroatoms. The van der Waals surface area contributed by atoms with Gasteiger partial charge >= 0.3 is 6.03 Å². The molecule has 0 aromatic heterocycles. The molecule has 4 amide bonds. The van der Waals surface area contributed by atoms with Crippen LogP contribution < -0.4 is 15.4 Å². The van der Waals surface area contributed by atoms with Crippen molar-refractivity contribution in [1.29, 1.82) is 0 Å². The summed E-state index contributed by atoms with van der Waals surface area (Å²) in [5, 5.41) is 4.81. The monoisotopic (exact) mass is 277 g/mol. The minimum absolute atomic E-state index is 0.144. The number of piperazine rings is 1. The standard InChI is InChI=1S/C13H15N3O4/c1-8-12(18)15-11(17)7-16(8)13(19)14-9-3-5-10(20-2)6-4-9/h3-6,8H,7H2,1-2H3,(H,14,19)(H,15,17,18). The maximum atomic E-state index is 12.1. The molecule has 7 nitrogen and oxygen atoms in total. The number of nitrogens with one attached hydrogen (secondary N) is 2. The van der Waals surface area contributed by atoms with E-state index in [1.807, 2.05) is 0 Å². The van der Waals surface area contributed by atoms with Crippen LogP contribution in [-0.2, 0) is 9.59 Å². The second kappa shape index (κ2) is 5.60. The van der Waals surface area contributed by atoms with E-state index in [-0.39, 0.29) is 6.54 Å². The Kier molecular flexibility index (Phi) is 3.88. The highest BCUT2D eigenvalue weighted by molar-refractivity contribution is 6.05. The Morgan fingerprint density at radius 1 is 1.35 bits per heavy atom. The number of urea groups is 1. The highest BCUT2D eigenvalue weighted by Gasteiger charge is 2.33. The van der Waals surface area contributed by atoms with Gasteiger partial charge in [-0.3, -0.25) is 14.9 Å². The van der Waals surface area contributed by atoms with Crippen LogP contribution in [0.3, 0.4) is 0 Å². The van der Waals surface area contributed by atoms with Gasteiger partial charge in [0.05, 0.1) is 7.11 Å². The molecule has 0 aliphatic carbocycles. The maximum Gasteiger partial charge on any atom is 0.322 e. The van der Waals surface area contributed by atoms with Crippen molar-refractivity contribution < 1.29 is 19.1 Å². The fourth-order valence-electron chi connectivity index (χ4n) is 1.83. The molecule has 1 aliphatic heterocycles. The van der Waals surface area contributed by atoms with Gasteiger partial charge < -0.3 is 15.0 Å². The number of benzene rings is 1. The molecular weight excluding hydrogens is 262 g/mol. The summed E-state index contributed by atoms with van der Waals surface area (Å²) in [7, 11) is 1.55. The first kappa shape index (κ1) is 13.9. The molecule has 1 aliphatic rings. The molecule has 106 valence electrons. The Balaban J connectivity index is 2.06. The Bertz CT molecular complexity index is 541. The Hall–Kier alpha value is -2.57. The molecule has 1 saturated heterocycles. The summed E-state index contributed by atoms with van der Waals surface area (Å²) >= 11 is 0. The Labute approximate surface area is 115 Å². The first-order valence-corrected chi connectivity index (χ1v) is 6.06. The van der Waals surface area contributed by atoms with E-state index < -0.39 is 23.9 Å². The number of ether oxygens (including phenoxy) is 1. The summed E-state index contributed by atoms with van der Waals surface area (Å²) in [5.41, 5.74) is 0.557. The Morgan fingerprint density at radius 2 is 2.00 bits per heavy atom. The lowest BCUT2D eigenvalue weighted by molar-refractivity contribution is -0.137. The van der Waals surface area contributed by atoms with E-state index in [0.29, 0.717) is 11.4 Å². The highest BCUT2D eigenvalue weighted by atomic mass is 16.5. The quantitative estimate of drug-likeness (QED) is 0.774. The minimum Gasteiger partial charge on any atom is -0.497 e. The highest BCUT2D eigenvalue weighted by Crippen LogP contribution is 2.16. The summed E-state index contributed by atoms with van der Waals surface area (Å²) in [6, 6.07) is 5.57. The number of hydrogen-bond acceptors (Lipinski definition) is 4. The number of amides is 4. The van der Waals surface area contributed by atoms with Crippen LogP contribution in [0.1, 0.15) is 6.92 Å². The van der Waals surface area contributed by atoms with Crippen LogP contribution in [0.5, 0.6) is 5.75 Å². The number of hydrogen-bond donors (Lipinski definition) is 2. The van der Waals surface area contributed by atoms with Crippen molar-refractivity contribution in [3.63, 3.8) is 0 Å². The molecule has 1 atom stereocenters. The van der Waals surface area contributed by atoms with Gasteiger partial charge in [0.15, 0.2) is 0 Å². The molecule has 0 radical (unpaired) electrons. The third-order valence-corrected chi connectivity index (χ3v) is 3.03. The van der Waals surface area contributed by atoms with Gasteiger partial charge in [-0.25, -0.2) is 4.79 Å². The summed E-state index contributed by atoms with van der Waals surface area (Å²) in [6.07, 6.45) is 0. The number of methoxy groups -OCH3 is 1. The van der Waals surface area contributed by atoms with E-state index in [1.165, 1.54) is 4.90 Å². The van der Waals surface area contributed by atoms with E-state index in [2.05, 4.69) is 10.6 Å². The van der Waals surface area contributed by atoms with E-state index >= 15 is 0 Å². The van der Waals surface area contributed by atoms with Crippen LogP contribution >= 0.6 is 0 Å². The predicted molar refractivity (Wildman–Crippen MR) is 71.3 cm³/mol. The number of carbonyl (C=O) groups is 3. The summed E-state index contributed by atoms with van der Waals surface area (Å²) in [4.78, 5) is 36.0. The maximum absolute atomic E-state index is 12.1. The molecular formula is C13H15N3O4. The van der Waals surface area contributed by atoms with E-state index in [4.69, 9.17) is 4.74 Å². The van der Waals surface area contributed by atoms with Crippen molar-refractivity contribution in [1.82, 2.24) is 10.2 Å². The van der Waals surface area contributed by atoms with E-state index in [9.17, 15) is 14.4 Å². The van der Waals surface area contributed by atoms with Crippen LogP contribution in [0.25, 0.3) is 0 Å².